The van der Waals surface area contributed by atoms with E-state index < -0.39 is 11.9 Å². The molecule has 1 unspecified atom stereocenters. The molecule has 1 aliphatic carbocycles. The Morgan fingerprint density at radius 3 is 2.41 bits per heavy atom. The van der Waals surface area contributed by atoms with Crippen LogP contribution in [0.1, 0.15) is 54.8 Å². The molecule has 0 aliphatic heterocycles. The largest absolute Gasteiger partial charge is 0.351 e. The van der Waals surface area contributed by atoms with Gasteiger partial charge in [-0.05, 0) is 67.6 Å². The first-order valence-corrected chi connectivity index (χ1v) is 13.2. The lowest BCUT2D eigenvalue weighted by Gasteiger charge is -2.34. The quantitative estimate of drug-likeness (QED) is 0.361. The Hall–Kier alpha value is -3.51. The Bertz CT molecular complexity index is 1180. The minimum Gasteiger partial charge on any atom is -0.351 e. The molecule has 0 spiro atoms. The van der Waals surface area contributed by atoms with E-state index in [1.54, 1.807) is 12.1 Å². The molecule has 6 heteroatoms. The third-order valence-corrected chi connectivity index (χ3v) is 7.01. The highest BCUT2D eigenvalue weighted by Gasteiger charge is 2.34. The molecule has 37 heavy (non-hydrogen) atoms. The molecule has 1 fully saturated rings. The van der Waals surface area contributed by atoms with Crippen molar-refractivity contribution < 1.29 is 14.0 Å². The topological polar surface area (TPSA) is 61.4 Å². The van der Waals surface area contributed by atoms with Crippen LogP contribution in [-0.2, 0) is 16.0 Å². The first-order chi connectivity index (χ1) is 18.0. The number of carbonyl (C=O) groups excluding carboxylic acids is 2. The zero-order valence-corrected chi connectivity index (χ0v) is 21.5. The number of benzene rings is 3. The van der Waals surface area contributed by atoms with Crippen molar-refractivity contribution in [2.45, 2.75) is 57.5 Å². The lowest BCUT2D eigenvalue weighted by atomic mass is 9.93. The summed E-state index contributed by atoms with van der Waals surface area (Å²) in [6, 6.07) is 22.7. The van der Waals surface area contributed by atoms with Crippen molar-refractivity contribution in [2.75, 3.05) is 18.0 Å². The van der Waals surface area contributed by atoms with Crippen LogP contribution in [0.2, 0.25) is 0 Å². The summed E-state index contributed by atoms with van der Waals surface area (Å²) in [5.74, 6) is -0.975. The second-order valence-corrected chi connectivity index (χ2v) is 9.76. The summed E-state index contributed by atoms with van der Waals surface area (Å²) in [5.41, 5.74) is 3.17. The number of nitrogens with one attached hydrogen (secondary N) is 2. The van der Waals surface area contributed by atoms with Gasteiger partial charge in [0.25, 0.3) is 0 Å². The van der Waals surface area contributed by atoms with Gasteiger partial charge in [0.1, 0.15) is 11.9 Å². The van der Waals surface area contributed by atoms with Crippen LogP contribution >= 0.6 is 0 Å². The Morgan fingerprint density at radius 1 is 0.946 bits per heavy atom. The Kier molecular flexibility index (Phi) is 9.44. The highest BCUT2D eigenvalue weighted by Crippen LogP contribution is 2.31. The summed E-state index contributed by atoms with van der Waals surface area (Å²) in [5, 5.41) is 6.43. The molecule has 1 saturated carbocycles. The van der Waals surface area contributed by atoms with Gasteiger partial charge in [0.2, 0.25) is 11.8 Å². The van der Waals surface area contributed by atoms with E-state index in [-0.39, 0.29) is 24.4 Å². The van der Waals surface area contributed by atoms with Crippen molar-refractivity contribution in [1.82, 2.24) is 10.6 Å². The molecule has 0 aromatic heterocycles. The van der Waals surface area contributed by atoms with Gasteiger partial charge in [0, 0.05) is 11.7 Å². The lowest BCUT2D eigenvalue weighted by molar-refractivity contribution is -0.127. The van der Waals surface area contributed by atoms with E-state index in [1.165, 1.54) is 29.0 Å². The van der Waals surface area contributed by atoms with Crippen molar-refractivity contribution in [3.63, 3.8) is 0 Å². The van der Waals surface area contributed by atoms with Crippen LogP contribution in [0, 0.1) is 12.7 Å². The summed E-state index contributed by atoms with van der Waals surface area (Å²) in [4.78, 5) is 29.1. The fraction of sp³-hybridized carbons (Fsp3) is 0.355. The van der Waals surface area contributed by atoms with Gasteiger partial charge in [0.15, 0.2) is 0 Å². The van der Waals surface area contributed by atoms with Gasteiger partial charge in [-0.1, -0.05) is 79.9 Å². The molecule has 2 N–H and O–H groups in total. The molecule has 0 bridgehead atoms. The Balaban J connectivity index is 1.61. The number of halogens is 1. The van der Waals surface area contributed by atoms with E-state index in [2.05, 4.69) is 10.6 Å². The molecule has 2 amide bonds. The molecule has 5 nitrogen and oxygen atoms in total. The van der Waals surface area contributed by atoms with Crippen LogP contribution in [0.4, 0.5) is 10.1 Å². The smallest absolute Gasteiger partial charge is 0.248 e. The minimum absolute atomic E-state index is 0.0302. The number of hydrogen-bond acceptors (Lipinski definition) is 3. The summed E-state index contributed by atoms with van der Waals surface area (Å²) >= 11 is 0. The van der Waals surface area contributed by atoms with Gasteiger partial charge < -0.3 is 10.6 Å². The zero-order chi connectivity index (χ0) is 26.0. The van der Waals surface area contributed by atoms with Crippen LogP contribution in [0.5, 0.6) is 0 Å². The first kappa shape index (κ1) is 26.6. The van der Waals surface area contributed by atoms with Crippen LogP contribution in [0.25, 0.3) is 0 Å². The average Bonchev–Trinajstić information content (AvgIpc) is 2.91. The lowest BCUT2D eigenvalue weighted by Crippen LogP contribution is -2.49. The predicted octanol–water partition coefficient (Wildman–Crippen LogP) is 5.49. The number of nitrogens with zero attached hydrogens (tertiary/aromatic N) is 1. The minimum atomic E-state index is -0.909. The second kappa shape index (κ2) is 13.2. The van der Waals surface area contributed by atoms with Crippen molar-refractivity contribution >= 4 is 17.5 Å². The number of aryl methyl sites for hydroxylation is 1. The Morgan fingerprint density at radius 2 is 1.68 bits per heavy atom. The fourth-order valence-corrected chi connectivity index (χ4v) is 5.04. The SMILES string of the molecule is Cc1ccccc1C(C(=O)NC1CCCCC1)N(C(=O)CNCCc1ccccc1)c1cccc(F)c1. The highest BCUT2D eigenvalue weighted by molar-refractivity contribution is 6.02. The van der Waals surface area contributed by atoms with Gasteiger partial charge in [-0.25, -0.2) is 4.39 Å². The second-order valence-electron chi connectivity index (χ2n) is 9.76. The average molecular weight is 502 g/mol. The summed E-state index contributed by atoms with van der Waals surface area (Å²) < 4.78 is 14.4. The van der Waals surface area contributed by atoms with Crippen molar-refractivity contribution in [1.29, 1.82) is 0 Å². The van der Waals surface area contributed by atoms with Crippen molar-refractivity contribution in [2.24, 2.45) is 0 Å². The predicted molar refractivity (Wildman–Crippen MR) is 146 cm³/mol. The summed E-state index contributed by atoms with van der Waals surface area (Å²) in [6.07, 6.45) is 5.98. The normalized spacial score (nSPS) is 14.6. The first-order valence-electron chi connectivity index (χ1n) is 13.2. The molecule has 194 valence electrons. The number of rotatable bonds is 10. The van der Waals surface area contributed by atoms with Gasteiger partial charge >= 0.3 is 0 Å². The number of anilines is 1. The summed E-state index contributed by atoms with van der Waals surface area (Å²) in [6.45, 7) is 2.57. The maximum atomic E-state index is 14.4. The van der Waals surface area contributed by atoms with Crippen molar-refractivity contribution in [3.05, 3.63) is 101 Å². The third kappa shape index (κ3) is 7.26. The molecule has 1 aliphatic rings. The molecular formula is C31H36FN3O2. The third-order valence-electron chi connectivity index (χ3n) is 7.01. The van der Waals surface area contributed by atoms with Crippen LogP contribution in [0.15, 0.2) is 78.9 Å². The van der Waals surface area contributed by atoms with Crippen LogP contribution in [-0.4, -0.2) is 30.9 Å². The maximum absolute atomic E-state index is 14.4. The van der Waals surface area contributed by atoms with Gasteiger partial charge in [-0.15, -0.1) is 0 Å². The van der Waals surface area contributed by atoms with E-state index in [1.807, 2.05) is 61.5 Å². The molecule has 1 atom stereocenters. The van der Waals surface area contributed by atoms with Crippen molar-refractivity contribution in [3.8, 4) is 0 Å². The van der Waals surface area contributed by atoms with Gasteiger partial charge in [-0.3, -0.25) is 14.5 Å². The molecule has 3 aromatic carbocycles. The maximum Gasteiger partial charge on any atom is 0.248 e. The highest BCUT2D eigenvalue weighted by atomic mass is 19.1. The van der Waals surface area contributed by atoms with E-state index in [9.17, 15) is 14.0 Å². The van der Waals surface area contributed by atoms with E-state index in [4.69, 9.17) is 0 Å². The molecule has 0 saturated heterocycles. The number of hydrogen-bond donors (Lipinski definition) is 2. The molecular weight excluding hydrogens is 465 g/mol. The molecule has 0 heterocycles. The molecule has 0 radical (unpaired) electrons. The van der Waals surface area contributed by atoms with Crippen LogP contribution in [0.3, 0.4) is 0 Å². The van der Waals surface area contributed by atoms with Crippen LogP contribution < -0.4 is 15.5 Å². The molecule has 3 aromatic rings. The number of amides is 2. The van der Waals surface area contributed by atoms with E-state index in [0.29, 0.717) is 12.2 Å². The fourth-order valence-electron chi connectivity index (χ4n) is 5.04. The monoisotopic (exact) mass is 501 g/mol. The number of carbonyl (C=O) groups is 2. The zero-order valence-electron chi connectivity index (χ0n) is 21.5. The van der Waals surface area contributed by atoms with E-state index in [0.717, 1.165) is 43.2 Å². The van der Waals surface area contributed by atoms with E-state index >= 15 is 0 Å². The summed E-state index contributed by atoms with van der Waals surface area (Å²) in [7, 11) is 0. The van der Waals surface area contributed by atoms with Gasteiger partial charge in [-0.2, -0.15) is 0 Å². The Labute approximate surface area is 219 Å². The standard InChI is InChI=1S/C31H36FN3O2/c1-23-11-8-9-18-28(23)30(31(37)34-26-15-6-3-7-16-26)35(27-17-10-14-25(32)21-27)29(36)22-33-20-19-24-12-4-2-5-13-24/h2,4-5,8-14,17-18,21,26,30,33H,3,6-7,15-16,19-20,22H2,1H3,(H,34,37). The van der Waals surface area contributed by atoms with Gasteiger partial charge in [0.05, 0.1) is 6.54 Å². The molecule has 4 rings (SSSR count).